The fraction of sp³-hybridized carbons (Fsp3) is 0.500. The van der Waals surface area contributed by atoms with Gasteiger partial charge in [-0.25, -0.2) is 0 Å². The van der Waals surface area contributed by atoms with E-state index in [1.54, 1.807) is 0 Å². The van der Waals surface area contributed by atoms with Gasteiger partial charge in [-0.2, -0.15) is 0 Å². The Morgan fingerprint density at radius 2 is 2.33 bits per heavy atom. The van der Waals surface area contributed by atoms with Gasteiger partial charge in [-0.3, -0.25) is 14.9 Å². The molecule has 1 atom stereocenters. The molecular formula is C14H19N3O4. The van der Waals surface area contributed by atoms with E-state index >= 15 is 0 Å². The molecular weight excluding hydrogens is 274 g/mol. The zero-order valence-corrected chi connectivity index (χ0v) is 11.7. The van der Waals surface area contributed by atoms with Crippen molar-refractivity contribution in [3.05, 3.63) is 28.3 Å². The molecule has 1 unspecified atom stereocenters. The Morgan fingerprint density at radius 1 is 1.52 bits per heavy atom. The average molecular weight is 293 g/mol. The maximum Gasteiger partial charge on any atom is 0.273 e. The number of nitrogens with one attached hydrogen (secondary N) is 2. The molecule has 7 nitrogen and oxygen atoms in total. The molecule has 1 fully saturated rings. The van der Waals surface area contributed by atoms with Crippen LogP contribution in [0.5, 0.6) is 5.75 Å². The first kappa shape index (κ1) is 15.2. The Balaban J connectivity index is 1.85. The van der Waals surface area contributed by atoms with Crippen LogP contribution < -0.4 is 10.6 Å². The summed E-state index contributed by atoms with van der Waals surface area (Å²) in [4.78, 5) is 21.8. The number of amides is 1. The van der Waals surface area contributed by atoms with Crippen molar-refractivity contribution >= 4 is 17.3 Å². The Morgan fingerprint density at radius 3 is 2.95 bits per heavy atom. The van der Waals surface area contributed by atoms with Crippen LogP contribution in [0, 0.1) is 16.0 Å². The van der Waals surface area contributed by atoms with E-state index in [1.165, 1.54) is 12.1 Å². The predicted molar refractivity (Wildman–Crippen MR) is 78.2 cm³/mol. The number of carbonyl (C=O) groups is 1. The minimum atomic E-state index is -0.596. The van der Waals surface area contributed by atoms with Gasteiger partial charge >= 0.3 is 0 Å². The first-order valence-corrected chi connectivity index (χ1v) is 7.04. The monoisotopic (exact) mass is 293 g/mol. The number of nitrogens with zero attached hydrogens (tertiary/aromatic N) is 1. The largest absolute Gasteiger partial charge is 0.506 e. The number of piperidine rings is 1. The van der Waals surface area contributed by atoms with Crippen molar-refractivity contribution in [1.82, 2.24) is 5.32 Å². The summed E-state index contributed by atoms with van der Waals surface area (Å²) in [5.41, 5.74) is -0.00820. The van der Waals surface area contributed by atoms with Gasteiger partial charge in [-0.05, 0) is 44.3 Å². The minimum absolute atomic E-state index is 0.190. The smallest absolute Gasteiger partial charge is 0.273 e. The second kappa shape index (κ2) is 7.03. The molecule has 0 spiro atoms. The number of aromatic hydroxyl groups is 1. The van der Waals surface area contributed by atoms with Crippen LogP contribution in [0.15, 0.2) is 18.2 Å². The maximum atomic E-state index is 11.8. The lowest BCUT2D eigenvalue weighted by Crippen LogP contribution is -2.30. The summed E-state index contributed by atoms with van der Waals surface area (Å²) in [5, 5.41) is 26.1. The third-order valence-corrected chi connectivity index (χ3v) is 3.64. The van der Waals surface area contributed by atoms with E-state index in [9.17, 15) is 20.0 Å². The number of nitro benzene ring substituents is 1. The van der Waals surface area contributed by atoms with Crippen molar-refractivity contribution in [2.45, 2.75) is 25.7 Å². The second-order valence-corrected chi connectivity index (χ2v) is 5.26. The van der Waals surface area contributed by atoms with Crippen molar-refractivity contribution < 1.29 is 14.8 Å². The van der Waals surface area contributed by atoms with Crippen LogP contribution >= 0.6 is 0 Å². The molecule has 3 N–H and O–H groups in total. The molecule has 0 aliphatic carbocycles. The topological polar surface area (TPSA) is 104 Å². The van der Waals surface area contributed by atoms with Crippen LogP contribution in [0.4, 0.5) is 11.4 Å². The lowest BCUT2D eigenvalue weighted by atomic mass is 9.94. The summed E-state index contributed by atoms with van der Waals surface area (Å²) in [6.45, 7) is 1.98. The number of non-ortho nitro benzene ring substituents is 1. The van der Waals surface area contributed by atoms with E-state index in [0.717, 1.165) is 38.4 Å². The average Bonchev–Trinajstić information content (AvgIpc) is 2.48. The number of benzene rings is 1. The molecule has 0 aromatic heterocycles. The van der Waals surface area contributed by atoms with Crippen molar-refractivity contribution in [2.75, 3.05) is 18.4 Å². The number of rotatable bonds is 5. The van der Waals surface area contributed by atoms with Crippen LogP contribution in [-0.2, 0) is 4.79 Å². The Bertz CT molecular complexity index is 527. The molecule has 2 rings (SSSR count). The van der Waals surface area contributed by atoms with Gasteiger partial charge in [0, 0.05) is 12.5 Å². The number of phenols is 1. The molecule has 0 bridgehead atoms. The summed E-state index contributed by atoms with van der Waals surface area (Å²) in [5.74, 6) is 0.0246. The number of hydrogen-bond acceptors (Lipinski definition) is 5. The molecule has 1 amide bonds. The van der Waals surface area contributed by atoms with Gasteiger partial charge in [-0.1, -0.05) is 0 Å². The third kappa shape index (κ3) is 4.42. The summed E-state index contributed by atoms with van der Waals surface area (Å²) in [6, 6.07) is 3.62. The van der Waals surface area contributed by atoms with Crippen LogP contribution in [0.1, 0.15) is 25.7 Å². The molecule has 1 aliphatic rings. The second-order valence-electron chi connectivity index (χ2n) is 5.26. The zero-order chi connectivity index (χ0) is 15.2. The highest BCUT2D eigenvalue weighted by atomic mass is 16.6. The van der Waals surface area contributed by atoms with E-state index in [4.69, 9.17) is 0 Å². The molecule has 1 heterocycles. The van der Waals surface area contributed by atoms with Crippen LogP contribution in [0.3, 0.4) is 0 Å². The van der Waals surface area contributed by atoms with E-state index in [2.05, 4.69) is 10.6 Å². The van der Waals surface area contributed by atoms with Gasteiger partial charge in [0.2, 0.25) is 5.91 Å². The summed E-state index contributed by atoms with van der Waals surface area (Å²) in [6.07, 6.45) is 3.44. The zero-order valence-electron chi connectivity index (χ0n) is 11.7. The van der Waals surface area contributed by atoms with E-state index in [1.807, 2.05) is 0 Å². The predicted octanol–water partition coefficient (Wildman–Crippen LogP) is 2.02. The minimum Gasteiger partial charge on any atom is -0.506 e. The number of anilines is 1. The highest BCUT2D eigenvalue weighted by molar-refractivity contribution is 5.92. The molecule has 1 saturated heterocycles. The van der Waals surface area contributed by atoms with Crippen molar-refractivity contribution in [2.24, 2.45) is 5.92 Å². The molecule has 0 radical (unpaired) electrons. The van der Waals surface area contributed by atoms with E-state index < -0.39 is 4.92 Å². The van der Waals surface area contributed by atoms with Crippen molar-refractivity contribution in [3.63, 3.8) is 0 Å². The Kier molecular flexibility index (Phi) is 5.10. The normalized spacial score (nSPS) is 18.2. The van der Waals surface area contributed by atoms with Crippen LogP contribution in [-0.4, -0.2) is 29.0 Å². The summed E-state index contributed by atoms with van der Waals surface area (Å²) >= 11 is 0. The first-order valence-electron chi connectivity index (χ1n) is 7.04. The quantitative estimate of drug-likeness (QED) is 0.437. The van der Waals surface area contributed by atoms with E-state index in [-0.39, 0.29) is 23.0 Å². The highest BCUT2D eigenvalue weighted by Gasteiger charge is 2.16. The lowest BCUT2D eigenvalue weighted by molar-refractivity contribution is -0.384. The summed E-state index contributed by atoms with van der Waals surface area (Å²) in [7, 11) is 0. The fourth-order valence-electron chi connectivity index (χ4n) is 2.46. The van der Waals surface area contributed by atoms with Gasteiger partial charge in [-0.15, -0.1) is 0 Å². The molecule has 21 heavy (non-hydrogen) atoms. The number of phenolic OH excluding ortho intramolecular Hbond substituents is 1. The van der Waals surface area contributed by atoms with Gasteiger partial charge in [0.15, 0.2) is 0 Å². The van der Waals surface area contributed by atoms with Crippen molar-refractivity contribution in [1.29, 1.82) is 0 Å². The molecule has 7 heteroatoms. The highest BCUT2D eigenvalue weighted by Crippen LogP contribution is 2.28. The molecule has 1 aromatic carbocycles. The Labute approximate surface area is 122 Å². The molecule has 114 valence electrons. The molecule has 0 saturated carbocycles. The Hall–Kier alpha value is -2.15. The fourth-order valence-corrected chi connectivity index (χ4v) is 2.46. The molecule has 1 aromatic rings. The van der Waals surface area contributed by atoms with E-state index in [0.29, 0.717) is 12.3 Å². The number of hydrogen-bond donors (Lipinski definition) is 3. The van der Waals surface area contributed by atoms with Gasteiger partial charge in [0.05, 0.1) is 16.7 Å². The standard InChI is InChI=1S/C14H19N3O4/c18-13-8-11(17(20)21)4-5-12(13)16-14(19)6-3-10-2-1-7-15-9-10/h4-5,8,10,15,18H,1-3,6-7,9H2,(H,16,19). The molecule has 1 aliphatic heterocycles. The van der Waals surface area contributed by atoms with Gasteiger partial charge in [0.25, 0.3) is 5.69 Å². The third-order valence-electron chi connectivity index (χ3n) is 3.64. The lowest BCUT2D eigenvalue weighted by Gasteiger charge is -2.22. The summed E-state index contributed by atoms with van der Waals surface area (Å²) < 4.78 is 0. The number of nitro groups is 1. The van der Waals surface area contributed by atoms with Crippen LogP contribution in [0.2, 0.25) is 0 Å². The van der Waals surface area contributed by atoms with Gasteiger partial charge < -0.3 is 15.7 Å². The number of carbonyl (C=O) groups excluding carboxylic acids is 1. The maximum absolute atomic E-state index is 11.8. The van der Waals surface area contributed by atoms with Crippen molar-refractivity contribution in [3.8, 4) is 5.75 Å². The first-order chi connectivity index (χ1) is 10.1. The van der Waals surface area contributed by atoms with Gasteiger partial charge in [0.1, 0.15) is 5.75 Å². The SMILES string of the molecule is O=C(CCC1CCCNC1)Nc1ccc([N+](=O)[O-])cc1O. The van der Waals surface area contributed by atoms with Crippen LogP contribution in [0.25, 0.3) is 0 Å².